The molecule has 0 spiro atoms. The molecule has 20 heavy (non-hydrogen) atoms. The first-order valence-corrected chi connectivity index (χ1v) is 6.37. The van der Waals surface area contributed by atoms with Crippen LogP contribution in [-0.2, 0) is 6.61 Å². The Morgan fingerprint density at radius 3 is 2.70 bits per heavy atom. The summed E-state index contributed by atoms with van der Waals surface area (Å²) in [5.41, 5.74) is 7.35. The second-order valence-electron chi connectivity index (χ2n) is 4.41. The van der Waals surface area contributed by atoms with Crippen LogP contribution in [0.2, 0.25) is 5.02 Å². The van der Waals surface area contributed by atoms with Crippen LogP contribution in [-0.4, -0.2) is 5.84 Å². The molecule has 0 aliphatic carbocycles. The summed E-state index contributed by atoms with van der Waals surface area (Å²) >= 11 is 5.94. The van der Waals surface area contributed by atoms with Gasteiger partial charge in [0.25, 0.3) is 0 Å². The van der Waals surface area contributed by atoms with E-state index in [2.05, 4.69) is 0 Å². The highest BCUT2D eigenvalue weighted by Crippen LogP contribution is 2.22. The van der Waals surface area contributed by atoms with Gasteiger partial charge in [0.2, 0.25) is 0 Å². The zero-order valence-electron chi connectivity index (χ0n) is 10.9. The van der Waals surface area contributed by atoms with Crippen molar-refractivity contribution in [3.05, 3.63) is 63.9 Å². The largest absolute Gasteiger partial charge is 0.489 e. The number of benzene rings is 2. The number of nitrogens with one attached hydrogen (secondary N) is 1. The molecular formula is C15H14ClFN2O. The Morgan fingerprint density at radius 1 is 1.30 bits per heavy atom. The SMILES string of the molecule is Cc1cc(OCc2ccc(F)cc2C(=N)N)ccc1Cl. The van der Waals surface area contributed by atoms with Crippen LogP contribution in [0.4, 0.5) is 4.39 Å². The predicted molar refractivity (Wildman–Crippen MR) is 77.9 cm³/mol. The van der Waals surface area contributed by atoms with Gasteiger partial charge in [-0.1, -0.05) is 17.7 Å². The number of hydrogen-bond donors (Lipinski definition) is 2. The zero-order chi connectivity index (χ0) is 14.7. The molecule has 0 saturated carbocycles. The smallest absolute Gasteiger partial charge is 0.123 e. The van der Waals surface area contributed by atoms with E-state index in [1.165, 1.54) is 12.1 Å². The lowest BCUT2D eigenvalue weighted by Gasteiger charge is -2.11. The summed E-state index contributed by atoms with van der Waals surface area (Å²) in [4.78, 5) is 0. The molecule has 0 heterocycles. The Hall–Kier alpha value is -2.07. The summed E-state index contributed by atoms with van der Waals surface area (Å²) in [6.07, 6.45) is 0. The fourth-order valence-electron chi connectivity index (χ4n) is 1.79. The van der Waals surface area contributed by atoms with Crippen molar-refractivity contribution >= 4 is 17.4 Å². The normalized spacial score (nSPS) is 10.3. The van der Waals surface area contributed by atoms with Crippen LogP contribution in [0, 0.1) is 18.2 Å². The van der Waals surface area contributed by atoms with Crippen molar-refractivity contribution in [3.63, 3.8) is 0 Å². The molecule has 2 aromatic carbocycles. The molecule has 5 heteroatoms. The first-order chi connectivity index (χ1) is 9.47. The monoisotopic (exact) mass is 292 g/mol. The summed E-state index contributed by atoms with van der Waals surface area (Å²) in [6.45, 7) is 2.09. The van der Waals surface area contributed by atoms with Gasteiger partial charge in [-0.05, 0) is 42.8 Å². The molecule has 0 aliphatic rings. The van der Waals surface area contributed by atoms with Crippen LogP contribution in [0.5, 0.6) is 5.75 Å². The Morgan fingerprint density at radius 2 is 2.05 bits per heavy atom. The third-order valence-corrected chi connectivity index (χ3v) is 3.31. The molecular weight excluding hydrogens is 279 g/mol. The number of amidine groups is 1. The van der Waals surface area contributed by atoms with Gasteiger partial charge in [-0.25, -0.2) is 4.39 Å². The molecule has 0 unspecified atom stereocenters. The molecule has 0 saturated heterocycles. The Labute approximate surface area is 121 Å². The van der Waals surface area contributed by atoms with E-state index in [1.54, 1.807) is 18.2 Å². The highest BCUT2D eigenvalue weighted by molar-refractivity contribution is 6.31. The standard InChI is InChI=1S/C15H14ClFN2O/c1-9-6-12(4-5-14(9)16)20-8-10-2-3-11(17)7-13(10)15(18)19/h2-7H,8H2,1H3,(H3,18,19). The second-order valence-corrected chi connectivity index (χ2v) is 4.82. The maximum atomic E-state index is 13.2. The number of halogens is 2. The molecule has 104 valence electrons. The van der Waals surface area contributed by atoms with Crippen molar-refractivity contribution in [3.8, 4) is 5.75 Å². The summed E-state index contributed by atoms with van der Waals surface area (Å²) in [6, 6.07) is 9.44. The molecule has 0 bridgehead atoms. The lowest BCUT2D eigenvalue weighted by atomic mass is 10.1. The first-order valence-electron chi connectivity index (χ1n) is 5.99. The van der Waals surface area contributed by atoms with Crippen molar-refractivity contribution in [1.82, 2.24) is 0 Å². The van der Waals surface area contributed by atoms with Gasteiger partial charge in [0, 0.05) is 16.1 Å². The van der Waals surface area contributed by atoms with E-state index in [9.17, 15) is 4.39 Å². The van der Waals surface area contributed by atoms with Gasteiger partial charge in [0.15, 0.2) is 0 Å². The third-order valence-electron chi connectivity index (χ3n) is 2.89. The zero-order valence-corrected chi connectivity index (χ0v) is 11.7. The quantitative estimate of drug-likeness (QED) is 0.667. The highest BCUT2D eigenvalue weighted by Gasteiger charge is 2.08. The number of hydrogen-bond acceptors (Lipinski definition) is 2. The van der Waals surface area contributed by atoms with Gasteiger partial charge < -0.3 is 10.5 Å². The van der Waals surface area contributed by atoms with E-state index in [0.29, 0.717) is 21.9 Å². The van der Waals surface area contributed by atoms with Crippen molar-refractivity contribution in [2.24, 2.45) is 5.73 Å². The highest BCUT2D eigenvalue weighted by atomic mass is 35.5. The van der Waals surface area contributed by atoms with Crippen LogP contribution in [0.25, 0.3) is 0 Å². The first kappa shape index (κ1) is 14.3. The fraction of sp³-hybridized carbons (Fsp3) is 0.133. The molecule has 0 aliphatic heterocycles. The topological polar surface area (TPSA) is 59.1 Å². The van der Waals surface area contributed by atoms with Crippen molar-refractivity contribution in [2.45, 2.75) is 13.5 Å². The minimum atomic E-state index is -0.429. The average molecular weight is 293 g/mol. The second kappa shape index (κ2) is 5.92. The number of rotatable bonds is 4. The molecule has 2 rings (SSSR count). The molecule has 0 amide bonds. The minimum absolute atomic E-state index is 0.185. The maximum absolute atomic E-state index is 13.2. The lowest BCUT2D eigenvalue weighted by Crippen LogP contribution is -2.15. The number of nitrogens with two attached hydrogens (primary N) is 1. The van der Waals surface area contributed by atoms with Crippen LogP contribution in [0.1, 0.15) is 16.7 Å². The molecule has 3 N–H and O–H groups in total. The summed E-state index contributed by atoms with van der Waals surface area (Å²) in [5, 5.41) is 8.13. The Balaban J connectivity index is 2.18. The fourth-order valence-corrected chi connectivity index (χ4v) is 1.91. The predicted octanol–water partition coefficient (Wildman–Crippen LogP) is 3.65. The Kier molecular flexibility index (Phi) is 4.25. The van der Waals surface area contributed by atoms with E-state index in [4.69, 9.17) is 27.5 Å². The van der Waals surface area contributed by atoms with Crippen molar-refractivity contribution in [2.75, 3.05) is 0 Å². The van der Waals surface area contributed by atoms with E-state index < -0.39 is 5.82 Å². The summed E-state index contributed by atoms with van der Waals surface area (Å²) in [5.74, 6) is 0.0439. The minimum Gasteiger partial charge on any atom is -0.489 e. The average Bonchev–Trinajstić information content (AvgIpc) is 2.41. The lowest BCUT2D eigenvalue weighted by molar-refractivity contribution is 0.305. The van der Waals surface area contributed by atoms with Crippen molar-refractivity contribution in [1.29, 1.82) is 5.41 Å². The van der Waals surface area contributed by atoms with Crippen LogP contribution in [0.15, 0.2) is 36.4 Å². The molecule has 0 fully saturated rings. The van der Waals surface area contributed by atoms with Crippen LogP contribution < -0.4 is 10.5 Å². The van der Waals surface area contributed by atoms with Gasteiger partial charge >= 0.3 is 0 Å². The van der Waals surface area contributed by atoms with Gasteiger partial charge in [0.05, 0.1) is 0 Å². The number of nitrogen functional groups attached to an aromatic ring is 1. The molecule has 2 aromatic rings. The van der Waals surface area contributed by atoms with E-state index in [-0.39, 0.29) is 12.4 Å². The van der Waals surface area contributed by atoms with E-state index >= 15 is 0 Å². The van der Waals surface area contributed by atoms with Gasteiger partial charge in [-0.2, -0.15) is 0 Å². The summed E-state index contributed by atoms with van der Waals surface area (Å²) in [7, 11) is 0. The molecule has 0 atom stereocenters. The third kappa shape index (κ3) is 3.27. The maximum Gasteiger partial charge on any atom is 0.123 e. The van der Waals surface area contributed by atoms with Crippen molar-refractivity contribution < 1.29 is 9.13 Å². The van der Waals surface area contributed by atoms with Gasteiger partial charge in [-0.15, -0.1) is 0 Å². The number of ether oxygens (including phenoxy) is 1. The molecule has 0 radical (unpaired) electrons. The Bertz CT molecular complexity index is 658. The van der Waals surface area contributed by atoms with Crippen LogP contribution >= 0.6 is 11.6 Å². The van der Waals surface area contributed by atoms with E-state index in [0.717, 1.165) is 5.56 Å². The van der Waals surface area contributed by atoms with Gasteiger partial charge in [-0.3, -0.25) is 5.41 Å². The van der Waals surface area contributed by atoms with Gasteiger partial charge in [0.1, 0.15) is 24.0 Å². The molecule has 3 nitrogen and oxygen atoms in total. The van der Waals surface area contributed by atoms with E-state index in [1.807, 2.05) is 13.0 Å². The summed E-state index contributed by atoms with van der Waals surface area (Å²) < 4.78 is 18.8. The molecule has 0 aromatic heterocycles. The number of aryl methyl sites for hydroxylation is 1. The van der Waals surface area contributed by atoms with Crippen LogP contribution in [0.3, 0.4) is 0 Å².